The molecular weight excluding hydrogens is 849 g/mol. The normalized spacial score (nSPS) is 11.5. The fourth-order valence-electron chi connectivity index (χ4n) is 9.50. The highest BCUT2D eigenvalue weighted by molar-refractivity contribution is 6.14. The van der Waals surface area contributed by atoms with Gasteiger partial charge in [-0.1, -0.05) is 114 Å². The largest absolute Gasteiger partial charge is 0.497 e. The van der Waals surface area contributed by atoms with Gasteiger partial charge in [0.15, 0.2) is 0 Å². The summed E-state index contributed by atoms with van der Waals surface area (Å²) in [4.78, 5) is 37.2. The zero-order chi connectivity index (χ0) is 47.2. The Morgan fingerprint density at radius 1 is 0.456 bits per heavy atom. The molecule has 0 saturated heterocycles. The van der Waals surface area contributed by atoms with Crippen LogP contribution in [0.2, 0.25) is 0 Å². The lowest BCUT2D eigenvalue weighted by atomic mass is 10.1. The maximum absolute atomic E-state index is 13.6. The summed E-state index contributed by atoms with van der Waals surface area (Å²) < 4.78 is 27.3. The van der Waals surface area contributed by atoms with E-state index in [2.05, 4.69) is 71.5 Å². The van der Waals surface area contributed by atoms with E-state index in [4.69, 9.17) is 28.9 Å². The van der Waals surface area contributed by atoms with Gasteiger partial charge in [0.2, 0.25) is 0 Å². The lowest BCUT2D eigenvalue weighted by Gasteiger charge is -2.13. The Morgan fingerprint density at radius 3 is 1.22 bits per heavy atom. The molecule has 0 bridgehead atoms. The first-order valence-electron chi connectivity index (χ1n) is 24.9. The van der Waals surface area contributed by atoms with Gasteiger partial charge in [-0.2, -0.15) is 0 Å². The average Bonchev–Trinajstić information content (AvgIpc) is 3.88. The van der Waals surface area contributed by atoms with E-state index in [0.717, 1.165) is 181 Å². The summed E-state index contributed by atoms with van der Waals surface area (Å²) in [5.41, 5.74) is 8.40. The zero-order valence-electron chi connectivity index (χ0n) is 40.4. The van der Waals surface area contributed by atoms with Crippen LogP contribution in [0, 0.1) is 0 Å². The van der Waals surface area contributed by atoms with Crippen molar-refractivity contribution in [2.75, 3.05) is 27.4 Å². The molecule has 8 aromatic rings. The number of unbranched alkanes of at least 4 members (excludes halogenated alkanes) is 11. The zero-order valence-corrected chi connectivity index (χ0v) is 40.4. The minimum absolute atomic E-state index is 0.322. The number of nitrogens with zero attached hydrogens (tertiary/aromatic N) is 4. The molecule has 0 unspecified atom stereocenters. The highest BCUT2D eigenvalue weighted by Gasteiger charge is 2.23. The molecule has 0 aliphatic carbocycles. The van der Waals surface area contributed by atoms with Crippen LogP contribution in [0.5, 0.6) is 11.5 Å². The van der Waals surface area contributed by atoms with Crippen LogP contribution in [0.4, 0.5) is 0 Å². The molecule has 0 amide bonds. The number of carbonyl (C=O) groups excluding carboxylic acids is 2. The first-order valence-corrected chi connectivity index (χ1v) is 24.9. The Labute approximate surface area is 400 Å². The topological polar surface area (TPSA) is 107 Å². The number of rotatable bonds is 25. The van der Waals surface area contributed by atoms with Gasteiger partial charge >= 0.3 is 11.9 Å². The molecule has 0 fully saturated rings. The van der Waals surface area contributed by atoms with Crippen molar-refractivity contribution in [2.45, 2.75) is 117 Å². The Kier molecular flexibility index (Phi) is 16.4. The molecule has 0 aliphatic rings. The highest BCUT2D eigenvalue weighted by Crippen LogP contribution is 2.38. The van der Waals surface area contributed by atoms with Crippen LogP contribution in [0.3, 0.4) is 0 Å². The average molecular weight is 915 g/mol. The Bertz CT molecular complexity index is 2750. The molecule has 0 aliphatic heterocycles. The molecule has 4 aromatic carbocycles. The molecule has 0 radical (unpaired) electrons. The number of methoxy groups -OCH3 is 2. The van der Waals surface area contributed by atoms with E-state index in [0.29, 0.717) is 24.6 Å². The third kappa shape index (κ3) is 10.9. The maximum Gasteiger partial charge on any atom is 0.356 e. The predicted octanol–water partition coefficient (Wildman–Crippen LogP) is 14.6. The van der Waals surface area contributed by atoms with Crippen LogP contribution in [0.15, 0.2) is 109 Å². The molecule has 68 heavy (non-hydrogen) atoms. The van der Waals surface area contributed by atoms with E-state index in [1.807, 2.05) is 60.7 Å². The third-order valence-electron chi connectivity index (χ3n) is 13.1. The molecule has 0 spiro atoms. The van der Waals surface area contributed by atoms with E-state index in [1.165, 1.54) is 0 Å². The fraction of sp³-hybridized carbons (Fsp3) is 0.379. The van der Waals surface area contributed by atoms with Gasteiger partial charge in [-0.05, 0) is 98.5 Å². The van der Waals surface area contributed by atoms with Gasteiger partial charge in [-0.3, -0.25) is 0 Å². The van der Waals surface area contributed by atoms with Crippen molar-refractivity contribution >= 4 is 55.6 Å². The minimum atomic E-state index is -0.399. The third-order valence-corrected chi connectivity index (χ3v) is 13.1. The van der Waals surface area contributed by atoms with E-state index >= 15 is 0 Å². The van der Waals surface area contributed by atoms with Crippen molar-refractivity contribution in [3.8, 4) is 34.0 Å². The number of hydrogen-bond acceptors (Lipinski definition) is 8. The van der Waals surface area contributed by atoms with Crippen LogP contribution in [-0.2, 0) is 22.6 Å². The van der Waals surface area contributed by atoms with Crippen molar-refractivity contribution in [3.63, 3.8) is 0 Å². The second kappa shape index (κ2) is 23.4. The number of aromatic nitrogens is 4. The quantitative estimate of drug-likeness (QED) is 0.0412. The minimum Gasteiger partial charge on any atom is -0.497 e. The lowest BCUT2D eigenvalue weighted by Crippen LogP contribution is -2.10. The number of pyridine rings is 2. The summed E-state index contributed by atoms with van der Waals surface area (Å²) in [6.07, 6.45) is 14.6. The molecule has 10 heteroatoms. The van der Waals surface area contributed by atoms with Crippen LogP contribution in [0.25, 0.3) is 66.1 Å². The van der Waals surface area contributed by atoms with Crippen molar-refractivity contribution in [1.82, 2.24) is 19.1 Å². The van der Waals surface area contributed by atoms with Crippen LogP contribution >= 0.6 is 0 Å². The van der Waals surface area contributed by atoms with Crippen molar-refractivity contribution in [1.29, 1.82) is 0 Å². The number of esters is 2. The summed E-state index contributed by atoms with van der Waals surface area (Å²) in [5, 5.41) is 4.23. The second-order valence-corrected chi connectivity index (χ2v) is 17.8. The molecule has 0 atom stereocenters. The molecule has 0 saturated carbocycles. The van der Waals surface area contributed by atoms with Crippen molar-refractivity contribution in [3.05, 3.63) is 121 Å². The molecule has 0 N–H and O–H groups in total. The van der Waals surface area contributed by atoms with E-state index in [1.54, 1.807) is 14.2 Å². The van der Waals surface area contributed by atoms with E-state index in [-0.39, 0.29) is 0 Å². The molecule has 4 aromatic heterocycles. The van der Waals surface area contributed by atoms with Gasteiger partial charge in [0.25, 0.3) is 0 Å². The predicted molar refractivity (Wildman–Crippen MR) is 275 cm³/mol. The van der Waals surface area contributed by atoms with Gasteiger partial charge < -0.3 is 28.1 Å². The first kappa shape index (κ1) is 47.8. The van der Waals surface area contributed by atoms with Crippen molar-refractivity contribution < 1.29 is 28.5 Å². The Hall–Kier alpha value is -6.68. The number of para-hydroxylation sites is 2. The Morgan fingerprint density at radius 2 is 0.838 bits per heavy atom. The molecule has 8 rings (SSSR count). The SMILES string of the molecule is CCCCCn1c2ccccc2c2cc(C(=O)OCCCCCCCCCCOC(=O)c3cc4c5ccccc5n(CCCCC)c4c(-c4ccc(OC)cc4)n3)nc(-c3ccc(OC)cc3)c21. The summed E-state index contributed by atoms with van der Waals surface area (Å²) in [6.45, 7) is 6.89. The molecule has 10 nitrogen and oxygen atoms in total. The standard InChI is InChI=1S/C58H66N4O6/c1-5-7-19-35-61-51-25-17-15-23-45(51)47-39-49(59-53(55(47)61)41-27-31-43(65-3)32-28-41)57(63)67-37-21-13-11-9-10-12-14-22-38-68-58(64)50-40-48-46-24-16-18-26-52(46)62(36-20-8-6-2)56(48)54(60-50)42-29-33-44(66-4)34-30-42/h15-18,23-34,39-40H,5-14,19-22,35-38H2,1-4H3. The molecule has 4 heterocycles. The van der Waals surface area contributed by atoms with Crippen LogP contribution in [0.1, 0.15) is 125 Å². The summed E-state index contributed by atoms with van der Waals surface area (Å²) in [5.74, 6) is 0.738. The summed E-state index contributed by atoms with van der Waals surface area (Å²) in [6, 6.07) is 36.4. The fourth-order valence-corrected chi connectivity index (χ4v) is 9.50. The summed E-state index contributed by atoms with van der Waals surface area (Å²) >= 11 is 0. The smallest absolute Gasteiger partial charge is 0.356 e. The van der Waals surface area contributed by atoms with Gasteiger partial charge in [-0.15, -0.1) is 0 Å². The highest BCUT2D eigenvalue weighted by atomic mass is 16.5. The van der Waals surface area contributed by atoms with E-state index < -0.39 is 11.9 Å². The number of fused-ring (bicyclic) bond motifs is 6. The number of benzene rings is 4. The van der Waals surface area contributed by atoms with Gasteiger partial charge in [0.1, 0.15) is 22.9 Å². The first-order chi connectivity index (χ1) is 33.4. The maximum atomic E-state index is 13.6. The molecule has 354 valence electrons. The number of ether oxygens (including phenoxy) is 4. The second-order valence-electron chi connectivity index (χ2n) is 17.8. The number of aryl methyl sites for hydroxylation is 2. The lowest BCUT2D eigenvalue weighted by molar-refractivity contribution is 0.0481. The van der Waals surface area contributed by atoms with E-state index in [9.17, 15) is 9.59 Å². The van der Waals surface area contributed by atoms with Gasteiger partial charge in [-0.25, -0.2) is 19.6 Å². The number of hydrogen-bond donors (Lipinski definition) is 0. The number of carbonyl (C=O) groups is 2. The monoisotopic (exact) mass is 914 g/mol. The summed E-state index contributed by atoms with van der Waals surface area (Å²) in [7, 11) is 3.32. The van der Waals surface area contributed by atoms with Gasteiger partial charge in [0.05, 0.1) is 49.9 Å². The van der Waals surface area contributed by atoms with Gasteiger partial charge in [0, 0.05) is 56.8 Å². The van der Waals surface area contributed by atoms with Crippen LogP contribution in [-0.4, -0.2) is 58.5 Å². The van der Waals surface area contributed by atoms with Crippen LogP contribution < -0.4 is 9.47 Å². The Balaban J connectivity index is 0.816. The molecular formula is C58H66N4O6. The van der Waals surface area contributed by atoms with Crippen molar-refractivity contribution in [2.24, 2.45) is 0 Å².